The summed E-state index contributed by atoms with van der Waals surface area (Å²) in [7, 11) is 0. The topological polar surface area (TPSA) is 61.0 Å². The first-order valence-corrected chi connectivity index (χ1v) is 6.40. The second kappa shape index (κ2) is 4.03. The highest BCUT2D eigenvalue weighted by atomic mass is 16.5. The van der Waals surface area contributed by atoms with Gasteiger partial charge in [0.15, 0.2) is 0 Å². The zero-order valence-corrected chi connectivity index (χ0v) is 10.3. The minimum absolute atomic E-state index is 0.266. The second-order valence-electron chi connectivity index (χ2n) is 5.41. The van der Waals surface area contributed by atoms with Gasteiger partial charge in [-0.3, -0.25) is 0 Å². The molecule has 1 atom stereocenters. The summed E-state index contributed by atoms with van der Waals surface area (Å²) in [4.78, 5) is 9.26. The average molecular weight is 233 g/mol. The zero-order valence-electron chi connectivity index (χ0n) is 10.3. The van der Waals surface area contributed by atoms with Crippen LogP contribution in [0.15, 0.2) is 6.20 Å². The number of aromatic nitrogens is 2. The summed E-state index contributed by atoms with van der Waals surface area (Å²) < 4.78 is 5.37. The largest absolute Gasteiger partial charge is 0.381 e. The van der Waals surface area contributed by atoms with Crippen LogP contribution in [-0.4, -0.2) is 23.2 Å². The number of aryl methyl sites for hydroxylation is 1. The molecule has 0 bridgehead atoms. The Morgan fingerprint density at radius 3 is 2.94 bits per heavy atom. The molecule has 1 aromatic rings. The van der Waals surface area contributed by atoms with Gasteiger partial charge in [0, 0.05) is 25.3 Å². The van der Waals surface area contributed by atoms with Gasteiger partial charge < -0.3 is 10.5 Å². The van der Waals surface area contributed by atoms with Crippen molar-refractivity contribution in [3.63, 3.8) is 0 Å². The Labute approximate surface area is 102 Å². The number of hydrogen-bond donors (Lipinski definition) is 1. The molecule has 0 amide bonds. The van der Waals surface area contributed by atoms with Gasteiger partial charge in [0.25, 0.3) is 0 Å². The van der Waals surface area contributed by atoms with Crippen molar-refractivity contribution in [2.75, 3.05) is 13.2 Å². The minimum atomic E-state index is -0.266. The molecule has 1 aliphatic heterocycles. The summed E-state index contributed by atoms with van der Waals surface area (Å²) >= 11 is 0. The van der Waals surface area contributed by atoms with Crippen molar-refractivity contribution in [3.05, 3.63) is 23.3 Å². The lowest BCUT2D eigenvalue weighted by Gasteiger charge is -2.23. The first-order chi connectivity index (χ1) is 8.17. The van der Waals surface area contributed by atoms with Gasteiger partial charge >= 0.3 is 0 Å². The maximum atomic E-state index is 6.27. The summed E-state index contributed by atoms with van der Waals surface area (Å²) in [6, 6.07) is 0. The van der Waals surface area contributed by atoms with Crippen molar-refractivity contribution in [1.82, 2.24) is 9.97 Å². The molecular weight excluding hydrogens is 214 g/mol. The van der Waals surface area contributed by atoms with E-state index in [2.05, 4.69) is 11.9 Å². The SMILES string of the molecule is CC1(N)CCc2cnc(C3CCOCC3)nc21. The molecule has 2 aliphatic rings. The normalized spacial score (nSPS) is 29.3. The molecule has 1 aromatic heterocycles. The van der Waals surface area contributed by atoms with Crippen molar-refractivity contribution in [2.45, 2.75) is 44.1 Å². The highest BCUT2D eigenvalue weighted by Gasteiger charge is 2.33. The Hall–Kier alpha value is -1.00. The number of fused-ring (bicyclic) bond motifs is 1. The van der Waals surface area contributed by atoms with Crippen molar-refractivity contribution < 1.29 is 4.74 Å². The monoisotopic (exact) mass is 233 g/mol. The van der Waals surface area contributed by atoms with E-state index >= 15 is 0 Å². The Kier molecular flexibility index (Phi) is 2.64. The maximum Gasteiger partial charge on any atom is 0.131 e. The molecule has 2 heterocycles. The van der Waals surface area contributed by atoms with Crippen LogP contribution >= 0.6 is 0 Å². The molecule has 17 heavy (non-hydrogen) atoms. The van der Waals surface area contributed by atoms with Gasteiger partial charge in [-0.2, -0.15) is 0 Å². The van der Waals surface area contributed by atoms with Gasteiger partial charge in [0.2, 0.25) is 0 Å². The molecule has 1 aliphatic carbocycles. The maximum absolute atomic E-state index is 6.27. The van der Waals surface area contributed by atoms with E-state index in [1.54, 1.807) is 0 Å². The van der Waals surface area contributed by atoms with E-state index in [0.29, 0.717) is 5.92 Å². The highest BCUT2D eigenvalue weighted by Crippen LogP contribution is 2.34. The van der Waals surface area contributed by atoms with Gasteiger partial charge in [0.1, 0.15) is 5.82 Å². The third-order valence-electron chi connectivity index (χ3n) is 3.92. The predicted molar refractivity (Wildman–Crippen MR) is 64.7 cm³/mol. The standard InChI is InChI=1S/C13H19N3O/c1-13(14)5-2-10-8-15-12(16-11(10)13)9-3-6-17-7-4-9/h8-9H,2-7,14H2,1H3. The second-order valence-corrected chi connectivity index (χ2v) is 5.41. The molecule has 0 radical (unpaired) electrons. The van der Waals surface area contributed by atoms with E-state index in [1.807, 2.05) is 6.20 Å². The van der Waals surface area contributed by atoms with Crippen LogP contribution in [0.4, 0.5) is 0 Å². The Morgan fingerprint density at radius 2 is 2.18 bits per heavy atom. The number of hydrogen-bond acceptors (Lipinski definition) is 4. The van der Waals surface area contributed by atoms with Crippen LogP contribution in [0, 0.1) is 0 Å². The molecule has 1 fully saturated rings. The zero-order chi connectivity index (χ0) is 11.9. The van der Waals surface area contributed by atoms with Crippen molar-refractivity contribution in [2.24, 2.45) is 5.73 Å². The van der Waals surface area contributed by atoms with Gasteiger partial charge in [0.05, 0.1) is 11.2 Å². The summed E-state index contributed by atoms with van der Waals surface area (Å²) in [5.41, 5.74) is 8.30. The van der Waals surface area contributed by atoms with Crippen molar-refractivity contribution >= 4 is 0 Å². The van der Waals surface area contributed by atoms with Crippen molar-refractivity contribution in [3.8, 4) is 0 Å². The minimum Gasteiger partial charge on any atom is -0.381 e. The Bertz CT molecular complexity index is 425. The predicted octanol–water partition coefficient (Wildman–Crippen LogP) is 1.49. The van der Waals surface area contributed by atoms with Gasteiger partial charge in [-0.1, -0.05) is 0 Å². The van der Waals surface area contributed by atoms with E-state index in [9.17, 15) is 0 Å². The van der Waals surface area contributed by atoms with E-state index in [4.69, 9.17) is 15.5 Å². The molecule has 1 saturated heterocycles. The van der Waals surface area contributed by atoms with Crippen LogP contribution in [0.2, 0.25) is 0 Å². The van der Waals surface area contributed by atoms with Gasteiger partial charge in [-0.25, -0.2) is 9.97 Å². The van der Waals surface area contributed by atoms with Crippen LogP contribution in [0.25, 0.3) is 0 Å². The van der Waals surface area contributed by atoms with Crippen LogP contribution in [0.5, 0.6) is 0 Å². The molecule has 1 unspecified atom stereocenters. The Morgan fingerprint density at radius 1 is 1.41 bits per heavy atom. The van der Waals surface area contributed by atoms with E-state index < -0.39 is 0 Å². The highest BCUT2D eigenvalue weighted by molar-refractivity contribution is 5.30. The fraction of sp³-hybridized carbons (Fsp3) is 0.692. The molecule has 92 valence electrons. The fourth-order valence-electron chi connectivity index (χ4n) is 2.76. The molecule has 0 aromatic carbocycles. The molecule has 2 N–H and O–H groups in total. The van der Waals surface area contributed by atoms with Crippen molar-refractivity contribution in [1.29, 1.82) is 0 Å². The van der Waals surface area contributed by atoms with E-state index in [0.717, 1.165) is 50.4 Å². The number of nitrogens with zero attached hydrogens (tertiary/aromatic N) is 2. The number of nitrogens with two attached hydrogens (primary N) is 1. The van der Waals surface area contributed by atoms with E-state index in [1.165, 1.54) is 5.56 Å². The average Bonchev–Trinajstić information content (AvgIpc) is 2.66. The molecule has 3 rings (SSSR count). The molecule has 0 spiro atoms. The lowest BCUT2D eigenvalue weighted by atomic mass is 9.97. The quantitative estimate of drug-likeness (QED) is 0.798. The van der Waals surface area contributed by atoms with Crippen LogP contribution < -0.4 is 5.73 Å². The van der Waals surface area contributed by atoms with E-state index in [-0.39, 0.29) is 5.54 Å². The van der Waals surface area contributed by atoms with Crippen LogP contribution in [0.1, 0.15) is 49.2 Å². The summed E-state index contributed by atoms with van der Waals surface area (Å²) in [5, 5.41) is 0. The summed E-state index contributed by atoms with van der Waals surface area (Å²) in [5.74, 6) is 1.41. The summed E-state index contributed by atoms with van der Waals surface area (Å²) in [6.45, 7) is 3.72. The first kappa shape index (κ1) is 11.1. The first-order valence-electron chi connectivity index (χ1n) is 6.40. The fourth-order valence-corrected chi connectivity index (χ4v) is 2.76. The van der Waals surface area contributed by atoms with Gasteiger partial charge in [-0.05, 0) is 38.2 Å². The smallest absolute Gasteiger partial charge is 0.131 e. The number of ether oxygens (including phenoxy) is 1. The van der Waals surface area contributed by atoms with Crippen LogP contribution in [0.3, 0.4) is 0 Å². The molecular formula is C13H19N3O. The lowest BCUT2D eigenvalue weighted by molar-refractivity contribution is 0.0835. The molecule has 4 nitrogen and oxygen atoms in total. The van der Waals surface area contributed by atoms with Gasteiger partial charge in [-0.15, -0.1) is 0 Å². The van der Waals surface area contributed by atoms with Crippen LogP contribution in [-0.2, 0) is 16.7 Å². The Balaban J connectivity index is 1.92. The summed E-state index contributed by atoms with van der Waals surface area (Å²) in [6.07, 6.45) is 6.02. The third kappa shape index (κ3) is 1.96. The molecule has 0 saturated carbocycles. The third-order valence-corrected chi connectivity index (χ3v) is 3.92. The molecule has 4 heteroatoms. The number of rotatable bonds is 1. The lowest BCUT2D eigenvalue weighted by Crippen LogP contribution is -2.31.